The molecule has 9 nitrogen and oxygen atoms in total. The molecule has 0 unspecified atom stereocenters. The van der Waals surface area contributed by atoms with E-state index in [1.807, 2.05) is 32.9 Å². The van der Waals surface area contributed by atoms with Gasteiger partial charge in [-0.15, -0.1) is 0 Å². The van der Waals surface area contributed by atoms with Gasteiger partial charge in [-0.05, 0) is 45.9 Å². The van der Waals surface area contributed by atoms with Crippen LogP contribution in [0.4, 0.5) is 5.69 Å². The number of hydrogen-bond donors (Lipinski definition) is 1. The number of benzene rings is 1. The molecule has 2 aromatic heterocycles. The first-order valence-electron chi connectivity index (χ1n) is 10.4. The van der Waals surface area contributed by atoms with Crippen molar-refractivity contribution >= 4 is 28.5 Å². The second kappa shape index (κ2) is 9.17. The molecule has 0 fully saturated rings. The van der Waals surface area contributed by atoms with Gasteiger partial charge in [-0.25, -0.2) is 9.78 Å². The average molecular weight is 438 g/mol. The first-order valence-corrected chi connectivity index (χ1v) is 10.4. The van der Waals surface area contributed by atoms with Crippen LogP contribution in [0.3, 0.4) is 0 Å². The van der Waals surface area contributed by atoms with Gasteiger partial charge in [-0.3, -0.25) is 23.5 Å². The Kier molecular flexibility index (Phi) is 6.57. The van der Waals surface area contributed by atoms with Crippen molar-refractivity contribution in [2.75, 3.05) is 18.4 Å². The predicted octanol–water partition coefficient (Wildman–Crippen LogP) is 1.83. The van der Waals surface area contributed by atoms with Crippen LogP contribution in [-0.4, -0.2) is 43.9 Å². The molecule has 0 saturated carbocycles. The minimum Gasteiger partial charge on any atom is -0.339 e. The molecule has 0 bridgehead atoms. The van der Waals surface area contributed by atoms with Crippen LogP contribution in [0.1, 0.15) is 35.5 Å². The van der Waals surface area contributed by atoms with Gasteiger partial charge in [0.1, 0.15) is 12.2 Å². The number of aromatic nitrogens is 3. The fourth-order valence-electron chi connectivity index (χ4n) is 3.57. The number of pyridine rings is 1. The van der Waals surface area contributed by atoms with Crippen LogP contribution < -0.4 is 16.6 Å². The number of amides is 2. The monoisotopic (exact) mass is 437 g/mol. The normalized spacial score (nSPS) is 10.9. The zero-order valence-corrected chi connectivity index (χ0v) is 18.9. The van der Waals surface area contributed by atoms with E-state index in [4.69, 9.17) is 0 Å². The third kappa shape index (κ3) is 4.32. The van der Waals surface area contributed by atoms with E-state index in [0.29, 0.717) is 24.5 Å². The molecule has 2 heterocycles. The highest BCUT2D eigenvalue weighted by Crippen LogP contribution is 2.16. The van der Waals surface area contributed by atoms with Crippen LogP contribution in [0.15, 0.2) is 39.9 Å². The van der Waals surface area contributed by atoms with Crippen LogP contribution in [0, 0.1) is 13.8 Å². The highest BCUT2D eigenvalue weighted by Gasteiger charge is 2.23. The van der Waals surface area contributed by atoms with E-state index in [-0.39, 0.29) is 22.5 Å². The lowest BCUT2D eigenvalue weighted by atomic mass is 10.1. The minimum absolute atomic E-state index is 0.0257. The number of carbonyl (C=O) groups is 2. The maximum absolute atomic E-state index is 13.3. The molecule has 9 heteroatoms. The van der Waals surface area contributed by atoms with Gasteiger partial charge in [0.2, 0.25) is 5.91 Å². The number of fused-ring (bicyclic) bond motifs is 1. The lowest BCUT2D eigenvalue weighted by Gasteiger charge is -2.20. The van der Waals surface area contributed by atoms with Crippen LogP contribution in [-0.2, 0) is 18.4 Å². The number of rotatable bonds is 6. The van der Waals surface area contributed by atoms with Gasteiger partial charge < -0.3 is 10.2 Å². The molecule has 3 rings (SSSR count). The fraction of sp³-hybridized carbons (Fsp3) is 0.348. The maximum Gasteiger partial charge on any atom is 0.332 e. The zero-order chi connectivity index (χ0) is 23.6. The molecule has 168 valence electrons. The third-order valence-corrected chi connectivity index (χ3v) is 5.34. The Morgan fingerprint density at radius 1 is 1.06 bits per heavy atom. The second-order valence-corrected chi connectivity index (χ2v) is 7.63. The molecule has 1 N–H and O–H groups in total. The van der Waals surface area contributed by atoms with E-state index >= 15 is 0 Å². The molecule has 0 saturated heterocycles. The largest absolute Gasteiger partial charge is 0.339 e. The van der Waals surface area contributed by atoms with Crippen molar-refractivity contribution in [3.63, 3.8) is 0 Å². The standard InChI is InChI=1S/C23H27N5O4/c1-6-27(7-2)21(30)17-12-15(4)24-20-19(17)22(31)28(23(32)26(20)5)13-18(29)25-16-10-8-14(3)9-11-16/h8-12H,6-7,13H2,1-5H3,(H,25,29). The van der Waals surface area contributed by atoms with Crippen molar-refractivity contribution in [2.24, 2.45) is 7.05 Å². The van der Waals surface area contributed by atoms with E-state index in [2.05, 4.69) is 10.3 Å². The Bertz CT molecular complexity index is 1300. The predicted molar refractivity (Wildman–Crippen MR) is 123 cm³/mol. The van der Waals surface area contributed by atoms with Gasteiger partial charge in [-0.2, -0.15) is 0 Å². The number of nitrogens with one attached hydrogen (secondary N) is 1. The summed E-state index contributed by atoms with van der Waals surface area (Å²) in [6.45, 7) is 7.78. The van der Waals surface area contributed by atoms with Crippen molar-refractivity contribution in [1.82, 2.24) is 19.0 Å². The molecule has 2 amide bonds. The van der Waals surface area contributed by atoms with Crippen LogP contribution in [0.25, 0.3) is 11.0 Å². The molecule has 0 aliphatic carbocycles. The summed E-state index contributed by atoms with van der Waals surface area (Å²) in [5.74, 6) is -0.846. The van der Waals surface area contributed by atoms with Gasteiger partial charge in [0, 0.05) is 31.5 Å². The molecular formula is C23H27N5O4. The summed E-state index contributed by atoms with van der Waals surface area (Å²) in [5.41, 5.74) is 0.996. The summed E-state index contributed by atoms with van der Waals surface area (Å²) in [6, 6.07) is 8.71. The van der Waals surface area contributed by atoms with Crippen molar-refractivity contribution < 1.29 is 9.59 Å². The summed E-state index contributed by atoms with van der Waals surface area (Å²) in [7, 11) is 1.47. The lowest BCUT2D eigenvalue weighted by Crippen LogP contribution is -2.43. The van der Waals surface area contributed by atoms with E-state index in [1.165, 1.54) is 11.6 Å². The number of carbonyl (C=O) groups excluding carboxylic acids is 2. The van der Waals surface area contributed by atoms with Gasteiger partial charge in [-0.1, -0.05) is 17.7 Å². The number of nitrogens with zero attached hydrogens (tertiary/aromatic N) is 4. The summed E-state index contributed by atoms with van der Waals surface area (Å²) in [5, 5.41) is 2.71. The SMILES string of the molecule is CCN(CC)C(=O)c1cc(C)nc2c1c(=O)n(CC(=O)Nc1ccc(C)cc1)c(=O)n2C. The summed E-state index contributed by atoms with van der Waals surface area (Å²) >= 11 is 0. The molecule has 0 aliphatic rings. The minimum atomic E-state index is -0.717. The van der Waals surface area contributed by atoms with Crippen molar-refractivity contribution in [3.8, 4) is 0 Å². The Morgan fingerprint density at radius 2 is 1.69 bits per heavy atom. The van der Waals surface area contributed by atoms with Crippen LogP contribution in [0.2, 0.25) is 0 Å². The molecule has 0 radical (unpaired) electrons. The van der Waals surface area contributed by atoms with Crippen LogP contribution >= 0.6 is 0 Å². The topological polar surface area (TPSA) is 106 Å². The number of hydrogen-bond acceptors (Lipinski definition) is 5. The molecule has 32 heavy (non-hydrogen) atoms. The molecule has 0 spiro atoms. The highest BCUT2D eigenvalue weighted by molar-refractivity contribution is 6.05. The van der Waals surface area contributed by atoms with Gasteiger partial charge in [0.15, 0.2) is 0 Å². The van der Waals surface area contributed by atoms with Gasteiger partial charge in [0.05, 0.1) is 10.9 Å². The van der Waals surface area contributed by atoms with Crippen molar-refractivity contribution in [3.05, 3.63) is 68.0 Å². The smallest absolute Gasteiger partial charge is 0.332 e. The first-order chi connectivity index (χ1) is 15.2. The lowest BCUT2D eigenvalue weighted by molar-refractivity contribution is -0.116. The van der Waals surface area contributed by atoms with Gasteiger partial charge >= 0.3 is 5.69 Å². The Morgan fingerprint density at radius 3 is 2.28 bits per heavy atom. The van der Waals surface area contributed by atoms with E-state index in [0.717, 1.165) is 10.1 Å². The van der Waals surface area contributed by atoms with Crippen molar-refractivity contribution in [2.45, 2.75) is 34.2 Å². The molecular weight excluding hydrogens is 410 g/mol. The summed E-state index contributed by atoms with van der Waals surface area (Å²) in [4.78, 5) is 57.8. The maximum atomic E-state index is 13.3. The zero-order valence-electron chi connectivity index (χ0n) is 18.9. The third-order valence-electron chi connectivity index (χ3n) is 5.34. The highest BCUT2D eigenvalue weighted by atomic mass is 16.2. The molecule has 0 atom stereocenters. The number of aryl methyl sites for hydroxylation is 3. The Labute approximate surface area is 185 Å². The second-order valence-electron chi connectivity index (χ2n) is 7.63. The van der Waals surface area contributed by atoms with Crippen molar-refractivity contribution in [1.29, 1.82) is 0 Å². The molecule has 0 aliphatic heterocycles. The quantitative estimate of drug-likeness (QED) is 0.633. The number of anilines is 1. The molecule has 3 aromatic rings. The first kappa shape index (κ1) is 22.9. The van der Waals surface area contributed by atoms with E-state index in [1.54, 1.807) is 30.0 Å². The van der Waals surface area contributed by atoms with Crippen LogP contribution in [0.5, 0.6) is 0 Å². The Balaban J connectivity index is 2.13. The molecule has 1 aromatic carbocycles. The Hall–Kier alpha value is -3.75. The van der Waals surface area contributed by atoms with Gasteiger partial charge in [0.25, 0.3) is 11.5 Å². The van der Waals surface area contributed by atoms with E-state index < -0.39 is 23.7 Å². The van der Waals surface area contributed by atoms with E-state index in [9.17, 15) is 19.2 Å². The fourth-order valence-corrected chi connectivity index (χ4v) is 3.57. The summed E-state index contributed by atoms with van der Waals surface area (Å²) in [6.07, 6.45) is 0. The summed E-state index contributed by atoms with van der Waals surface area (Å²) < 4.78 is 2.03. The average Bonchev–Trinajstić information content (AvgIpc) is 2.77.